The number of primary amides is 1. The minimum atomic E-state index is -1.47. The number of rotatable bonds is 6. The molecule has 0 aliphatic carbocycles. The number of amides is 3. The average molecular weight is 569 g/mol. The molecule has 0 spiro atoms. The van der Waals surface area contributed by atoms with Gasteiger partial charge in [0.1, 0.15) is 24.8 Å². The summed E-state index contributed by atoms with van der Waals surface area (Å²) in [5, 5.41) is 23.6. The predicted octanol–water partition coefficient (Wildman–Crippen LogP) is 3.27. The molecule has 0 saturated carbocycles. The molecule has 1 aliphatic rings. The monoisotopic (exact) mass is 568 g/mol. The Morgan fingerprint density at radius 3 is 2.71 bits per heavy atom. The summed E-state index contributed by atoms with van der Waals surface area (Å²) in [6, 6.07) is 16.9. The summed E-state index contributed by atoms with van der Waals surface area (Å²) >= 11 is 0. The second kappa shape index (κ2) is 10.4. The first-order valence-corrected chi connectivity index (χ1v) is 12.9. The van der Waals surface area contributed by atoms with Gasteiger partial charge in [-0.3, -0.25) is 24.2 Å². The van der Waals surface area contributed by atoms with Crippen LogP contribution in [-0.4, -0.2) is 61.4 Å². The fourth-order valence-corrected chi connectivity index (χ4v) is 5.29. The minimum Gasteiger partial charge on any atom is -0.364 e. The van der Waals surface area contributed by atoms with Crippen molar-refractivity contribution in [1.82, 2.24) is 24.9 Å². The fraction of sp³-hybridized carbons (Fsp3) is 0.172. The molecule has 1 aliphatic heterocycles. The third kappa shape index (κ3) is 4.58. The molecule has 13 heteroatoms. The molecule has 1 saturated heterocycles. The van der Waals surface area contributed by atoms with Crippen LogP contribution in [0.3, 0.4) is 0 Å². The van der Waals surface area contributed by atoms with E-state index in [1.165, 1.54) is 16.8 Å². The zero-order chi connectivity index (χ0) is 29.5. The number of hydrogen-bond acceptors (Lipinski definition) is 6. The van der Waals surface area contributed by atoms with Crippen LogP contribution in [0.2, 0.25) is 0 Å². The van der Waals surface area contributed by atoms with Crippen molar-refractivity contribution in [2.75, 3.05) is 11.9 Å². The van der Waals surface area contributed by atoms with E-state index in [1.807, 2.05) is 6.07 Å². The number of fused-ring (bicyclic) bond motifs is 2. The Morgan fingerprint density at radius 1 is 1.12 bits per heavy atom. The SMILES string of the molecule is N#Cc1n[nH]c2ccc(-c3cccc(NC(=O)[C@@H]4C[C@@H](F)CN4C(=O)Cn4nc(C(N)=O)c5ccccc54)c3F)cc12. The molecule has 2 aromatic heterocycles. The maximum absolute atomic E-state index is 15.6. The molecule has 42 heavy (non-hydrogen) atoms. The van der Waals surface area contributed by atoms with E-state index in [1.54, 1.807) is 48.5 Å². The summed E-state index contributed by atoms with van der Waals surface area (Å²) in [7, 11) is 0. The molecule has 210 valence electrons. The van der Waals surface area contributed by atoms with Crippen molar-refractivity contribution in [2.45, 2.75) is 25.2 Å². The fourth-order valence-electron chi connectivity index (χ4n) is 5.29. The Hall–Kier alpha value is -5.64. The van der Waals surface area contributed by atoms with Crippen LogP contribution in [0.1, 0.15) is 22.6 Å². The van der Waals surface area contributed by atoms with E-state index < -0.39 is 35.8 Å². The van der Waals surface area contributed by atoms with E-state index in [0.717, 1.165) is 4.90 Å². The van der Waals surface area contributed by atoms with Crippen molar-refractivity contribution >= 4 is 45.2 Å². The highest BCUT2D eigenvalue weighted by molar-refractivity contribution is 6.04. The van der Waals surface area contributed by atoms with Gasteiger partial charge in [-0.05, 0) is 29.8 Å². The van der Waals surface area contributed by atoms with Crippen molar-refractivity contribution in [3.8, 4) is 17.2 Å². The lowest BCUT2D eigenvalue weighted by Gasteiger charge is -2.24. The van der Waals surface area contributed by atoms with Crippen LogP contribution in [0.4, 0.5) is 14.5 Å². The Balaban J connectivity index is 1.24. The number of likely N-dealkylation sites (tertiary alicyclic amines) is 1. The normalized spacial score (nSPS) is 16.5. The summed E-state index contributed by atoms with van der Waals surface area (Å²) in [6.45, 7) is -0.692. The maximum atomic E-state index is 15.6. The Labute approximate surface area is 236 Å². The van der Waals surface area contributed by atoms with Crippen molar-refractivity contribution in [2.24, 2.45) is 5.73 Å². The number of carbonyl (C=O) groups is 3. The molecule has 3 amide bonds. The summed E-state index contributed by atoms with van der Waals surface area (Å²) in [5.74, 6) is -2.85. The van der Waals surface area contributed by atoms with Crippen molar-refractivity contribution in [1.29, 1.82) is 5.26 Å². The molecule has 3 heterocycles. The zero-order valence-corrected chi connectivity index (χ0v) is 21.8. The smallest absolute Gasteiger partial charge is 0.269 e. The number of carbonyl (C=O) groups excluding carboxylic acids is 3. The van der Waals surface area contributed by atoms with Gasteiger partial charge < -0.3 is 16.0 Å². The Bertz CT molecular complexity index is 1940. The second-order valence-corrected chi connectivity index (χ2v) is 9.88. The van der Waals surface area contributed by atoms with Crippen LogP contribution >= 0.6 is 0 Å². The molecule has 0 unspecified atom stereocenters. The predicted molar refractivity (Wildman–Crippen MR) is 148 cm³/mol. The first-order chi connectivity index (χ1) is 20.2. The maximum Gasteiger partial charge on any atom is 0.269 e. The van der Waals surface area contributed by atoms with Crippen LogP contribution < -0.4 is 11.1 Å². The number of anilines is 1. The molecule has 1 fully saturated rings. The summed E-state index contributed by atoms with van der Waals surface area (Å²) < 4.78 is 31.5. The van der Waals surface area contributed by atoms with Gasteiger partial charge in [0.25, 0.3) is 5.91 Å². The Kier molecular flexibility index (Phi) is 6.58. The van der Waals surface area contributed by atoms with Gasteiger partial charge in [-0.1, -0.05) is 36.4 Å². The van der Waals surface area contributed by atoms with Gasteiger partial charge in [-0.2, -0.15) is 15.5 Å². The number of benzene rings is 3. The number of para-hydroxylation sites is 1. The number of nitriles is 1. The summed E-state index contributed by atoms with van der Waals surface area (Å²) in [6.07, 6.45) is -1.73. The minimum absolute atomic E-state index is 0.0105. The zero-order valence-electron chi connectivity index (χ0n) is 21.8. The van der Waals surface area contributed by atoms with Gasteiger partial charge in [0.2, 0.25) is 11.8 Å². The van der Waals surface area contributed by atoms with Crippen molar-refractivity contribution in [3.05, 3.63) is 77.9 Å². The lowest BCUT2D eigenvalue weighted by atomic mass is 10.0. The standard InChI is InChI=1S/C29H22F2N8O3/c30-16-11-24(38(13-16)25(40)14-39-23-7-2-1-4-18(23)27(37-39)28(33)41)29(42)34-21-6-3-5-17(26(21)31)15-8-9-20-19(10-15)22(12-32)36-35-20/h1-10,16,24H,11,13-14H2,(H2,33,41)(H,34,42)(H,35,36)/t16-,24+/m1/s1. The molecule has 11 nitrogen and oxygen atoms in total. The number of halogens is 2. The number of aromatic amines is 1. The average Bonchev–Trinajstić information content (AvgIpc) is 3.69. The molecule has 4 N–H and O–H groups in total. The molecule has 3 aromatic carbocycles. The molecular formula is C29H22F2N8O3. The van der Waals surface area contributed by atoms with E-state index in [-0.39, 0.29) is 42.1 Å². The van der Waals surface area contributed by atoms with E-state index in [4.69, 9.17) is 5.73 Å². The van der Waals surface area contributed by atoms with Gasteiger partial charge in [0, 0.05) is 22.8 Å². The number of H-pyrrole nitrogens is 1. The lowest BCUT2D eigenvalue weighted by Crippen LogP contribution is -2.44. The molecule has 2 atom stereocenters. The van der Waals surface area contributed by atoms with E-state index in [9.17, 15) is 24.0 Å². The third-order valence-corrected chi connectivity index (χ3v) is 7.29. The van der Waals surface area contributed by atoms with Crippen molar-refractivity contribution in [3.63, 3.8) is 0 Å². The van der Waals surface area contributed by atoms with Crippen LogP contribution in [0, 0.1) is 17.1 Å². The number of nitrogens with one attached hydrogen (secondary N) is 2. The molecular weight excluding hydrogens is 546 g/mol. The van der Waals surface area contributed by atoms with E-state index in [2.05, 4.69) is 20.6 Å². The topological polar surface area (TPSA) is 163 Å². The van der Waals surface area contributed by atoms with E-state index >= 15 is 4.39 Å². The number of aromatic nitrogens is 4. The number of nitrogens with two attached hydrogens (primary N) is 1. The number of nitrogens with zero attached hydrogens (tertiary/aromatic N) is 5. The highest BCUT2D eigenvalue weighted by atomic mass is 19.1. The molecule has 0 radical (unpaired) electrons. The van der Waals surface area contributed by atoms with Gasteiger partial charge in [-0.15, -0.1) is 0 Å². The van der Waals surface area contributed by atoms with Gasteiger partial charge in [0.15, 0.2) is 17.2 Å². The van der Waals surface area contributed by atoms with Crippen LogP contribution in [-0.2, 0) is 16.1 Å². The largest absolute Gasteiger partial charge is 0.364 e. The van der Waals surface area contributed by atoms with Gasteiger partial charge in [0.05, 0.1) is 23.3 Å². The van der Waals surface area contributed by atoms with Crippen LogP contribution in [0.25, 0.3) is 32.9 Å². The highest BCUT2D eigenvalue weighted by Gasteiger charge is 2.40. The molecule has 5 aromatic rings. The number of alkyl halides is 1. The lowest BCUT2D eigenvalue weighted by molar-refractivity contribution is -0.137. The first kappa shape index (κ1) is 26.6. The second-order valence-electron chi connectivity index (χ2n) is 9.88. The van der Waals surface area contributed by atoms with Gasteiger partial charge in [-0.25, -0.2) is 8.78 Å². The molecule has 6 rings (SSSR count). The summed E-state index contributed by atoms with van der Waals surface area (Å²) in [5.41, 5.74) is 7.15. The van der Waals surface area contributed by atoms with Crippen LogP contribution in [0.15, 0.2) is 60.7 Å². The summed E-state index contributed by atoms with van der Waals surface area (Å²) in [4.78, 5) is 39.5. The third-order valence-electron chi connectivity index (χ3n) is 7.29. The van der Waals surface area contributed by atoms with Crippen LogP contribution in [0.5, 0.6) is 0 Å². The quantitative estimate of drug-likeness (QED) is 0.285. The van der Waals surface area contributed by atoms with Gasteiger partial charge >= 0.3 is 0 Å². The van der Waals surface area contributed by atoms with Crippen molar-refractivity contribution < 1.29 is 23.2 Å². The molecule has 0 bridgehead atoms. The van der Waals surface area contributed by atoms with E-state index in [0.29, 0.717) is 27.4 Å². The first-order valence-electron chi connectivity index (χ1n) is 12.9. The number of hydrogen-bond donors (Lipinski definition) is 3. The Morgan fingerprint density at radius 2 is 1.93 bits per heavy atom. The highest BCUT2D eigenvalue weighted by Crippen LogP contribution is 2.31.